The molecule has 1 heterocycles. The molecule has 0 aliphatic carbocycles. The predicted molar refractivity (Wildman–Crippen MR) is 35.3 cm³/mol. The first-order chi connectivity index (χ1) is 3.98. The molecule has 0 aromatic rings. The van der Waals surface area contributed by atoms with Crippen LogP contribution in [0.2, 0.25) is 0 Å². The zero-order valence-corrected chi connectivity index (χ0v) is 6.64. The van der Waals surface area contributed by atoms with E-state index in [2.05, 4.69) is 0 Å². The van der Waals surface area contributed by atoms with Crippen molar-refractivity contribution in [3.05, 3.63) is 0 Å². The molecule has 0 N–H and O–H groups in total. The highest BCUT2D eigenvalue weighted by Crippen LogP contribution is 2.33. The summed E-state index contributed by atoms with van der Waals surface area (Å²) in [5, 5.41) is -0.211. The molecule has 1 aliphatic rings. The third-order valence-corrected chi connectivity index (χ3v) is 3.87. The van der Waals surface area contributed by atoms with E-state index >= 15 is 0 Å². The van der Waals surface area contributed by atoms with Crippen LogP contribution in [0.1, 0.15) is 13.8 Å². The van der Waals surface area contributed by atoms with Gasteiger partial charge >= 0.3 is 0 Å². The Balaban J connectivity index is 2.75. The SMILES string of the molecule is CC(C)C1N(C)S1(=O)=O. The van der Waals surface area contributed by atoms with E-state index in [0.29, 0.717) is 0 Å². The highest BCUT2D eigenvalue weighted by Gasteiger charge is 2.52. The van der Waals surface area contributed by atoms with Crippen molar-refractivity contribution in [3.8, 4) is 0 Å². The van der Waals surface area contributed by atoms with Gasteiger partial charge in [-0.1, -0.05) is 13.8 Å². The topological polar surface area (TPSA) is 37.1 Å². The highest BCUT2D eigenvalue weighted by atomic mass is 32.2. The van der Waals surface area contributed by atoms with Gasteiger partial charge in [-0.15, -0.1) is 0 Å². The van der Waals surface area contributed by atoms with E-state index < -0.39 is 10.0 Å². The number of rotatable bonds is 1. The molecule has 0 amide bonds. The van der Waals surface area contributed by atoms with Crippen molar-refractivity contribution in [2.45, 2.75) is 19.2 Å². The lowest BCUT2D eigenvalue weighted by Crippen LogP contribution is -2.02. The summed E-state index contributed by atoms with van der Waals surface area (Å²) in [5.41, 5.74) is 0. The van der Waals surface area contributed by atoms with E-state index in [0.717, 1.165) is 0 Å². The quantitative estimate of drug-likeness (QED) is 0.501. The number of sulfonamides is 1. The van der Waals surface area contributed by atoms with E-state index in [9.17, 15) is 8.42 Å². The Morgan fingerprint density at radius 1 is 1.44 bits per heavy atom. The summed E-state index contributed by atoms with van der Waals surface area (Å²) in [4.78, 5) is 0. The fraction of sp³-hybridized carbons (Fsp3) is 1.00. The second-order valence-electron chi connectivity index (χ2n) is 2.70. The van der Waals surface area contributed by atoms with Crippen molar-refractivity contribution < 1.29 is 8.42 Å². The summed E-state index contributed by atoms with van der Waals surface area (Å²) in [6, 6.07) is 0. The maximum atomic E-state index is 10.8. The molecule has 4 heteroatoms. The van der Waals surface area contributed by atoms with E-state index in [4.69, 9.17) is 0 Å². The van der Waals surface area contributed by atoms with Crippen LogP contribution >= 0.6 is 0 Å². The average Bonchev–Trinajstić information content (AvgIpc) is 2.07. The Kier molecular flexibility index (Phi) is 1.33. The number of hydrogen-bond donors (Lipinski definition) is 0. The van der Waals surface area contributed by atoms with E-state index in [-0.39, 0.29) is 11.3 Å². The third kappa shape index (κ3) is 0.861. The standard InChI is InChI=1S/C5H11NO2S/c1-4(2)5-6(3)9(5,7)8/h4-5H,1-3H3. The van der Waals surface area contributed by atoms with Gasteiger partial charge in [0.2, 0.25) is 10.0 Å². The molecule has 2 atom stereocenters. The first kappa shape index (κ1) is 7.02. The number of hydrogen-bond acceptors (Lipinski definition) is 2. The zero-order chi connectivity index (χ0) is 7.23. The molecule has 54 valence electrons. The van der Waals surface area contributed by atoms with Gasteiger partial charge in [0.1, 0.15) is 5.37 Å². The third-order valence-electron chi connectivity index (χ3n) is 1.59. The highest BCUT2D eigenvalue weighted by molar-refractivity contribution is 7.95. The summed E-state index contributed by atoms with van der Waals surface area (Å²) in [6.45, 7) is 3.82. The lowest BCUT2D eigenvalue weighted by Gasteiger charge is -1.92. The summed E-state index contributed by atoms with van der Waals surface area (Å²) >= 11 is 0. The van der Waals surface area contributed by atoms with Gasteiger partial charge in [0.05, 0.1) is 0 Å². The first-order valence-electron chi connectivity index (χ1n) is 2.95. The van der Waals surface area contributed by atoms with Crippen molar-refractivity contribution >= 4 is 10.0 Å². The summed E-state index contributed by atoms with van der Waals surface area (Å²) in [5.74, 6) is 0.222. The molecule has 0 spiro atoms. The van der Waals surface area contributed by atoms with Gasteiger partial charge in [-0.05, 0) is 5.92 Å². The zero-order valence-electron chi connectivity index (χ0n) is 5.83. The van der Waals surface area contributed by atoms with Gasteiger partial charge in [0.15, 0.2) is 0 Å². The lowest BCUT2D eigenvalue weighted by molar-refractivity contribution is 0.509. The van der Waals surface area contributed by atoms with Crippen molar-refractivity contribution in [3.63, 3.8) is 0 Å². The minimum absolute atomic E-state index is 0.211. The van der Waals surface area contributed by atoms with Crippen LogP contribution in [0, 0.1) is 5.92 Å². The molecule has 2 unspecified atom stereocenters. The van der Waals surface area contributed by atoms with Crippen LogP contribution in [0.25, 0.3) is 0 Å². The Morgan fingerprint density at radius 3 is 1.78 bits per heavy atom. The summed E-state index contributed by atoms with van der Waals surface area (Å²) < 4.78 is 22.9. The fourth-order valence-electron chi connectivity index (χ4n) is 1.08. The maximum Gasteiger partial charge on any atom is 0.232 e. The molecule has 0 aromatic heterocycles. The predicted octanol–water partition coefficient (Wildman–Crippen LogP) is 0.244. The van der Waals surface area contributed by atoms with Crippen LogP contribution in [0.4, 0.5) is 0 Å². The van der Waals surface area contributed by atoms with Gasteiger partial charge in [0.25, 0.3) is 0 Å². The Labute approximate surface area is 55.7 Å². The second kappa shape index (κ2) is 1.70. The van der Waals surface area contributed by atoms with Gasteiger partial charge in [-0.3, -0.25) is 0 Å². The summed E-state index contributed by atoms with van der Waals surface area (Å²) in [7, 11) is -1.19. The van der Waals surface area contributed by atoms with Gasteiger partial charge < -0.3 is 0 Å². The monoisotopic (exact) mass is 149 g/mol. The van der Waals surface area contributed by atoms with Crippen LogP contribution in [0.3, 0.4) is 0 Å². The maximum absolute atomic E-state index is 10.8. The van der Waals surface area contributed by atoms with Crippen LogP contribution in [-0.4, -0.2) is 25.1 Å². The Hall–Kier alpha value is -0.0900. The van der Waals surface area contributed by atoms with Gasteiger partial charge in [-0.25, -0.2) is 8.42 Å². The van der Waals surface area contributed by atoms with Crippen LogP contribution in [0.5, 0.6) is 0 Å². The van der Waals surface area contributed by atoms with Gasteiger partial charge in [0, 0.05) is 7.05 Å². The van der Waals surface area contributed by atoms with Crippen molar-refractivity contribution in [2.75, 3.05) is 7.05 Å². The van der Waals surface area contributed by atoms with E-state index in [1.165, 1.54) is 4.31 Å². The first-order valence-corrected chi connectivity index (χ1v) is 4.45. The Bertz CT molecular complexity index is 207. The Morgan fingerprint density at radius 2 is 1.78 bits per heavy atom. The second-order valence-corrected chi connectivity index (χ2v) is 4.78. The normalized spacial score (nSPS) is 39.1. The van der Waals surface area contributed by atoms with Crippen LogP contribution in [-0.2, 0) is 10.0 Å². The molecule has 3 nitrogen and oxygen atoms in total. The van der Waals surface area contributed by atoms with E-state index in [1.54, 1.807) is 7.05 Å². The minimum Gasteiger partial charge on any atom is -0.210 e. The molecule has 1 rings (SSSR count). The molecule has 0 bridgehead atoms. The molecular formula is C5H11NO2S. The van der Waals surface area contributed by atoms with E-state index in [1.807, 2.05) is 13.8 Å². The largest absolute Gasteiger partial charge is 0.232 e. The molecule has 0 radical (unpaired) electrons. The molecule has 0 aromatic carbocycles. The van der Waals surface area contributed by atoms with Crippen molar-refractivity contribution in [1.82, 2.24) is 4.31 Å². The average molecular weight is 149 g/mol. The van der Waals surface area contributed by atoms with Gasteiger partial charge in [-0.2, -0.15) is 4.31 Å². The van der Waals surface area contributed by atoms with Crippen LogP contribution < -0.4 is 0 Å². The lowest BCUT2D eigenvalue weighted by atomic mass is 10.2. The molecule has 1 aliphatic heterocycles. The van der Waals surface area contributed by atoms with Crippen LogP contribution in [0.15, 0.2) is 0 Å². The molecule has 1 saturated heterocycles. The molecular weight excluding hydrogens is 138 g/mol. The van der Waals surface area contributed by atoms with Crippen molar-refractivity contribution in [2.24, 2.45) is 5.92 Å². The smallest absolute Gasteiger partial charge is 0.210 e. The fourth-order valence-corrected chi connectivity index (χ4v) is 2.85. The molecule has 1 fully saturated rings. The summed E-state index contributed by atoms with van der Waals surface area (Å²) in [6.07, 6.45) is 0. The number of nitrogens with zero attached hydrogens (tertiary/aromatic N) is 1. The molecule has 0 saturated carbocycles. The van der Waals surface area contributed by atoms with Crippen molar-refractivity contribution in [1.29, 1.82) is 0 Å². The minimum atomic E-state index is -2.80. The molecule has 9 heavy (non-hydrogen) atoms.